The van der Waals surface area contributed by atoms with Crippen molar-refractivity contribution in [2.75, 3.05) is 0 Å². The Morgan fingerprint density at radius 3 is 2.69 bits per heavy atom. The summed E-state index contributed by atoms with van der Waals surface area (Å²) in [7, 11) is 0. The Kier molecular flexibility index (Phi) is 3.76. The molecule has 4 rings (SSSR count). The highest BCUT2D eigenvalue weighted by Gasteiger charge is 2.15. The zero-order valence-corrected chi connectivity index (χ0v) is 13.1. The van der Waals surface area contributed by atoms with Crippen molar-refractivity contribution in [1.29, 1.82) is 0 Å². The molecule has 3 aromatic heterocycles. The normalized spacial score (nSPS) is 11.2. The third-order valence-corrected chi connectivity index (χ3v) is 3.76. The first-order valence-corrected chi connectivity index (χ1v) is 7.49. The van der Waals surface area contributed by atoms with Crippen molar-refractivity contribution in [3.05, 3.63) is 71.7 Å². The molecule has 9 heteroatoms. The molecule has 0 amide bonds. The van der Waals surface area contributed by atoms with E-state index in [2.05, 4.69) is 19.9 Å². The average Bonchev–Trinajstić information content (AvgIpc) is 3.09. The Morgan fingerprint density at radius 2 is 1.88 bits per heavy atom. The van der Waals surface area contributed by atoms with Gasteiger partial charge < -0.3 is 9.51 Å². The second-order valence-corrected chi connectivity index (χ2v) is 5.51. The molecule has 1 aromatic carbocycles. The molecule has 1 N–H and O–H groups in total. The SMILES string of the molecule is Oc1nc(-c2cn3ccnc3c(Cc3cc(F)ccc3F)n2)ncc1F. The molecule has 26 heavy (non-hydrogen) atoms. The second-order valence-electron chi connectivity index (χ2n) is 5.51. The number of aromatic hydroxyl groups is 1. The first-order valence-electron chi connectivity index (χ1n) is 7.49. The summed E-state index contributed by atoms with van der Waals surface area (Å²) in [6, 6.07) is 3.16. The quantitative estimate of drug-likeness (QED) is 0.610. The smallest absolute Gasteiger partial charge is 0.251 e. The number of nitrogens with zero attached hydrogens (tertiary/aromatic N) is 5. The molecule has 0 bridgehead atoms. The van der Waals surface area contributed by atoms with E-state index in [1.54, 1.807) is 16.8 Å². The number of fused-ring (bicyclic) bond motifs is 1. The van der Waals surface area contributed by atoms with Gasteiger partial charge in [-0.2, -0.15) is 9.37 Å². The molecule has 0 saturated carbocycles. The Bertz CT molecular complexity index is 1130. The number of rotatable bonds is 3. The van der Waals surface area contributed by atoms with E-state index in [4.69, 9.17) is 0 Å². The van der Waals surface area contributed by atoms with E-state index in [1.807, 2.05) is 0 Å². The molecule has 0 aliphatic heterocycles. The van der Waals surface area contributed by atoms with E-state index in [1.165, 1.54) is 6.20 Å². The van der Waals surface area contributed by atoms with Crippen LogP contribution in [-0.4, -0.2) is 29.4 Å². The van der Waals surface area contributed by atoms with Crippen LogP contribution in [0, 0.1) is 17.5 Å². The minimum absolute atomic E-state index is 0.0135. The van der Waals surface area contributed by atoms with Crippen molar-refractivity contribution < 1.29 is 18.3 Å². The van der Waals surface area contributed by atoms with Gasteiger partial charge in [0.25, 0.3) is 5.88 Å². The van der Waals surface area contributed by atoms with Crippen LogP contribution in [0.2, 0.25) is 0 Å². The van der Waals surface area contributed by atoms with Crippen LogP contribution < -0.4 is 0 Å². The molecule has 130 valence electrons. The molecule has 6 nitrogen and oxygen atoms in total. The van der Waals surface area contributed by atoms with Crippen molar-refractivity contribution in [3.8, 4) is 17.4 Å². The molecular formula is C17H10F3N5O. The Balaban J connectivity index is 1.85. The van der Waals surface area contributed by atoms with Crippen LogP contribution in [0.5, 0.6) is 5.88 Å². The summed E-state index contributed by atoms with van der Waals surface area (Å²) in [6.45, 7) is 0. The van der Waals surface area contributed by atoms with Gasteiger partial charge in [0.05, 0.1) is 11.9 Å². The summed E-state index contributed by atoms with van der Waals surface area (Å²) in [4.78, 5) is 16.0. The Hall–Kier alpha value is -3.49. The number of hydrogen-bond donors (Lipinski definition) is 1. The second kappa shape index (κ2) is 6.10. The van der Waals surface area contributed by atoms with E-state index in [9.17, 15) is 18.3 Å². The molecule has 0 radical (unpaired) electrons. The van der Waals surface area contributed by atoms with Crippen molar-refractivity contribution >= 4 is 5.65 Å². The number of imidazole rings is 1. The number of hydrogen-bond acceptors (Lipinski definition) is 5. The highest BCUT2D eigenvalue weighted by Crippen LogP contribution is 2.22. The fourth-order valence-corrected chi connectivity index (χ4v) is 2.56. The maximum atomic E-state index is 14.0. The fourth-order valence-electron chi connectivity index (χ4n) is 2.56. The summed E-state index contributed by atoms with van der Waals surface area (Å²) in [5.74, 6) is -2.91. The number of aromatic nitrogens is 5. The highest BCUT2D eigenvalue weighted by atomic mass is 19.1. The zero-order valence-electron chi connectivity index (χ0n) is 13.1. The van der Waals surface area contributed by atoms with Gasteiger partial charge in [0, 0.05) is 25.0 Å². The van der Waals surface area contributed by atoms with E-state index < -0.39 is 23.3 Å². The summed E-state index contributed by atoms with van der Waals surface area (Å²) in [5.41, 5.74) is 1.13. The van der Waals surface area contributed by atoms with Crippen molar-refractivity contribution in [3.63, 3.8) is 0 Å². The molecule has 0 atom stereocenters. The fraction of sp³-hybridized carbons (Fsp3) is 0.0588. The monoisotopic (exact) mass is 357 g/mol. The number of benzene rings is 1. The van der Waals surface area contributed by atoms with Crippen LogP contribution in [0.25, 0.3) is 17.2 Å². The van der Waals surface area contributed by atoms with Crippen LogP contribution in [-0.2, 0) is 6.42 Å². The van der Waals surface area contributed by atoms with Gasteiger partial charge in [0.15, 0.2) is 11.5 Å². The first-order chi connectivity index (χ1) is 12.5. The molecule has 0 fully saturated rings. The minimum atomic E-state index is -0.959. The molecule has 0 unspecified atom stereocenters. The number of halogens is 3. The minimum Gasteiger partial charge on any atom is -0.491 e. The molecule has 0 spiro atoms. The van der Waals surface area contributed by atoms with E-state index in [0.717, 1.165) is 24.4 Å². The lowest BCUT2D eigenvalue weighted by molar-refractivity contribution is 0.409. The predicted molar refractivity (Wildman–Crippen MR) is 84.8 cm³/mol. The molecule has 4 aromatic rings. The lowest BCUT2D eigenvalue weighted by Gasteiger charge is -2.08. The summed E-state index contributed by atoms with van der Waals surface area (Å²) in [5, 5.41) is 9.44. The summed E-state index contributed by atoms with van der Waals surface area (Å²) in [6.07, 6.45) is 5.50. The lowest BCUT2D eigenvalue weighted by atomic mass is 10.1. The molecule has 0 saturated heterocycles. The molecular weight excluding hydrogens is 347 g/mol. The van der Waals surface area contributed by atoms with Gasteiger partial charge in [-0.15, -0.1) is 0 Å². The van der Waals surface area contributed by atoms with Crippen LogP contribution in [0.15, 0.2) is 43.0 Å². The van der Waals surface area contributed by atoms with Crippen LogP contribution in [0.1, 0.15) is 11.3 Å². The van der Waals surface area contributed by atoms with Crippen molar-refractivity contribution in [2.45, 2.75) is 6.42 Å². The van der Waals surface area contributed by atoms with E-state index >= 15 is 0 Å². The third-order valence-electron chi connectivity index (χ3n) is 3.76. The molecule has 0 aliphatic rings. The first kappa shape index (κ1) is 16.0. The van der Waals surface area contributed by atoms with Gasteiger partial charge in [0.2, 0.25) is 5.82 Å². The van der Waals surface area contributed by atoms with Gasteiger partial charge in [-0.3, -0.25) is 0 Å². The van der Waals surface area contributed by atoms with Crippen LogP contribution in [0.4, 0.5) is 13.2 Å². The van der Waals surface area contributed by atoms with E-state index in [-0.39, 0.29) is 23.5 Å². The third kappa shape index (κ3) is 2.83. The predicted octanol–water partition coefficient (Wildman–Crippen LogP) is 2.90. The van der Waals surface area contributed by atoms with Crippen LogP contribution in [0.3, 0.4) is 0 Å². The van der Waals surface area contributed by atoms with Crippen molar-refractivity contribution in [1.82, 2.24) is 24.3 Å². The Morgan fingerprint density at radius 1 is 1.04 bits per heavy atom. The van der Waals surface area contributed by atoms with Gasteiger partial charge in [-0.25, -0.2) is 23.7 Å². The highest BCUT2D eigenvalue weighted by molar-refractivity contribution is 5.55. The summed E-state index contributed by atoms with van der Waals surface area (Å²) < 4.78 is 42.2. The maximum absolute atomic E-state index is 14.0. The lowest BCUT2D eigenvalue weighted by Crippen LogP contribution is -2.04. The van der Waals surface area contributed by atoms with Gasteiger partial charge in [-0.05, 0) is 23.8 Å². The summed E-state index contributed by atoms with van der Waals surface area (Å²) >= 11 is 0. The van der Waals surface area contributed by atoms with E-state index in [0.29, 0.717) is 11.3 Å². The molecule has 0 aliphatic carbocycles. The van der Waals surface area contributed by atoms with Gasteiger partial charge in [-0.1, -0.05) is 0 Å². The van der Waals surface area contributed by atoms with Crippen molar-refractivity contribution in [2.24, 2.45) is 0 Å². The Labute approximate surface area is 144 Å². The van der Waals surface area contributed by atoms with Gasteiger partial charge in [0.1, 0.15) is 17.3 Å². The topological polar surface area (TPSA) is 76.2 Å². The molecule has 3 heterocycles. The van der Waals surface area contributed by atoms with Gasteiger partial charge >= 0.3 is 0 Å². The standard InChI is InChI=1S/C17H10F3N5O/c18-10-1-2-11(19)9(5-10)6-13-16-21-3-4-25(16)8-14(23-13)15-22-7-12(20)17(26)24-15/h1-5,7-8H,6H2,(H,22,24,26). The average molecular weight is 357 g/mol. The van der Waals surface area contributed by atoms with Crippen LogP contribution >= 0.6 is 0 Å². The largest absolute Gasteiger partial charge is 0.491 e. The maximum Gasteiger partial charge on any atom is 0.251 e. The zero-order chi connectivity index (χ0) is 18.3.